The summed E-state index contributed by atoms with van der Waals surface area (Å²) in [7, 11) is 0. The van der Waals surface area contributed by atoms with Crippen LogP contribution in [-0.4, -0.2) is 15.7 Å². The van der Waals surface area contributed by atoms with Crippen LogP contribution in [0.25, 0.3) is 27.8 Å². The molecule has 0 spiro atoms. The van der Waals surface area contributed by atoms with Crippen LogP contribution in [0.15, 0.2) is 60.7 Å². The standard InChI is InChI=1S/C18H11ClN2O/c19-13-6-8-16-15(10-13)20-18(12-4-2-1-3-5-12)17-9-7-14(11-22)21(16)17/h1-11H. The molecular weight excluding hydrogens is 296 g/mol. The van der Waals surface area contributed by atoms with Gasteiger partial charge in [-0.15, -0.1) is 0 Å². The van der Waals surface area contributed by atoms with E-state index in [9.17, 15) is 4.79 Å². The number of benzene rings is 2. The normalized spacial score (nSPS) is 11.1. The zero-order chi connectivity index (χ0) is 15.1. The Balaban J connectivity index is 2.20. The Morgan fingerprint density at radius 1 is 0.955 bits per heavy atom. The van der Waals surface area contributed by atoms with Gasteiger partial charge < -0.3 is 4.40 Å². The van der Waals surface area contributed by atoms with E-state index in [1.807, 2.05) is 65.1 Å². The molecule has 0 N–H and O–H groups in total. The number of nitrogens with zero attached hydrogens (tertiary/aromatic N) is 2. The van der Waals surface area contributed by atoms with Crippen LogP contribution in [0, 0.1) is 0 Å². The molecule has 0 saturated heterocycles. The second-order valence-electron chi connectivity index (χ2n) is 5.06. The molecule has 0 saturated carbocycles. The summed E-state index contributed by atoms with van der Waals surface area (Å²) in [5.74, 6) is 0. The molecule has 22 heavy (non-hydrogen) atoms. The van der Waals surface area contributed by atoms with E-state index in [2.05, 4.69) is 0 Å². The minimum absolute atomic E-state index is 0.599. The first-order chi connectivity index (χ1) is 10.8. The lowest BCUT2D eigenvalue weighted by Gasteiger charge is -2.10. The molecule has 0 unspecified atom stereocenters. The summed E-state index contributed by atoms with van der Waals surface area (Å²) < 4.78 is 1.92. The van der Waals surface area contributed by atoms with Gasteiger partial charge in [-0.25, -0.2) is 4.98 Å². The fourth-order valence-electron chi connectivity index (χ4n) is 2.76. The predicted molar refractivity (Wildman–Crippen MR) is 88.5 cm³/mol. The second-order valence-corrected chi connectivity index (χ2v) is 5.49. The van der Waals surface area contributed by atoms with Crippen LogP contribution in [0.4, 0.5) is 0 Å². The van der Waals surface area contributed by atoms with Gasteiger partial charge in [0.1, 0.15) is 0 Å². The lowest BCUT2D eigenvalue weighted by molar-refractivity contribution is 0.111. The van der Waals surface area contributed by atoms with Crippen molar-refractivity contribution in [3.05, 3.63) is 71.4 Å². The first-order valence-corrected chi connectivity index (χ1v) is 7.27. The molecule has 106 valence electrons. The maximum atomic E-state index is 11.4. The third-order valence-electron chi connectivity index (χ3n) is 3.73. The molecule has 2 heterocycles. The van der Waals surface area contributed by atoms with Crippen LogP contribution in [0.2, 0.25) is 5.02 Å². The average Bonchev–Trinajstić information content (AvgIpc) is 2.99. The Morgan fingerprint density at radius 2 is 1.73 bits per heavy atom. The summed E-state index contributed by atoms with van der Waals surface area (Å²) in [5, 5.41) is 0.623. The van der Waals surface area contributed by atoms with E-state index in [4.69, 9.17) is 16.6 Å². The molecule has 0 radical (unpaired) electrons. The highest BCUT2D eigenvalue weighted by Crippen LogP contribution is 2.29. The third kappa shape index (κ3) is 1.90. The quantitative estimate of drug-likeness (QED) is 0.506. The fraction of sp³-hybridized carbons (Fsp3) is 0. The van der Waals surface area contributed by atoms with Gasteiger partial charge in [0.25, 0.3) is 0 Å². The van der Waals surface area contributed by atoms with E-state index in [-0.39, 0.29) is 0 Å². The maximum Gasteiger partial charge on any atom is 0.166 e. The number of aromatic nitrogens is 2. The highest BCUT2D eigenvalue weighted by Gasteiger charge is 2.13. The highest BCUT2D eigenvalue weighted by molar-refractivity contribution is 6.31. The van der Waals surface area contributed by atoms with Crippen molar-refractivity contribution in [2.24, 2.45) is 0 Å². The first kappa shape index (κ1) is 13.0. The Morgan fingerprint density at radius 3 is 2.50 bits per heavy atom. The van der Waals surface area contributed by atoms with Crippen molar-refractivity contribution in [3.8, 4) is 11.3 Å². The summed E-state index contributed by atoms with van der Waals surface area (Å²) >= 11 is 6.10. The second kappa shape index (κ2) is 4.97. The predicted octanol–water partition coefficient (Wildman–Crippen LogP) is 4.62. The minimum Gasteiger partial charge on any atom is -0.303 e. The van der Waals surface area contributed by atoms with Crippen molar-refractivity contribution in [1.29, 1.82) is 0 Å². The van der Waals surface area contributed by atoms with E-state index in [1.165, 1.54) is 0 Å². The Kier molecular flexibility index (Phi) is 2.94. The first-order valence-electron chi connectivity index (χ1n) is 6.89. The van der Waals surface area contributed by atoms with Gasteiger partial charge in [0, 0.05) is 10.6 Å². The number of aldehydes is 1. The zero-order valence-electron chi connectivity index (χ0n) is 11.5. The van der Waals surface area contributed by atoms with Crippen LogP contribution in [-0.2, 0) is 0 Å². The smallest absolute Gasteiger partial charge is 0.166 e. The number of hydrogen-bond donors (Lipinski definition) is 0. The van der Waals surface area contributed by atoms with Crippen molar-refractivity contribution in [2.75, 3.05) is 0 Å². The summed E-state index contributed by atoms with van der Waals surface area (Å²) in [4.78, 5) is 16.1. The van der Waals surface area contributed by atoms with Gasteiger partial charge in [0.15, 0.2) is 6.29 Å². The molecule has 0 aliphatic heterocycles. The van der Waals surface area contributed by atoms with E-state index in [1.54, 1.807) is 0 Å². The average molecular weight is 307 g/mol. The van der Waals surface area contributed by atoms with Gasteiger partial charge in [0.05, 0.1) is 27.9 Å². The van der Waals surface area contributed by atoms with Gasteiger partial charge in [-0.05, 0) is 30.3 Å². The van der Waals surface area contributed by atoms with E-state index < -0.39 is 0 Å². The molecular formula is C18H11ClN2O. The van der Waals surface area contributed by atoms with Crippen molar-refractivity contribution >= 4 is 34.4 Å². The summed E-state index contributed by atoms with van der Waals surface area (Å²) in [5.41, 5.74) is 4.97. The van der Waals surface area contributed by atoms with E-state index >= 15 is 0 Å². The zero-order valence-corrected chi connectivity index (χ0v) is 12.3. The number of rotatable bonds is 2. The van der Waals surface area contributed by atoms with Crippen LogP contribution >= 0.6 is 11.6 Å². The molecule has 3 nitrogen and oxygen atoms in total. The molecule has 2 aromatic carbocycles. The van der Waals surface area contributed by atoms with Crippen molar-refractivity contribution in [1.82, 2.24) is 9.38 Å². The van der Waals surface area contributed by atoms with Gasteiger partial charge >= 0.3 is 0 Å². The summed E-state index contributed by atoms with van der Waals surface area (Å²) in [6.45, 7) is 0. The van der Waals surface area contributed by atoms with Crippen molar-refractivity contribution in [2.45, 2.75) is 0 Å². The lowest BCUT2D eigenvalue weighted by Crippen LogP contribution is -1.98. The molecule has 4 heteroatoms. The molecule has 0 aliphatic carbocycles. The van der Waals surface area contributed by atoms with Gasteiger partial charge in [-0.2, -0.15) is 0 Å². The molecule has 0 atom stereocenters. The summed E-state index contributed by atoms with van der Waals surface area (Å²) in [6.07, 6.45) is 0.857. The molecule has 2 aromatic heterocycles. The Bertz CT molecular complexity index is 1010. The Labute approximate surface area is 131 Å². The number of carbonyl (C=O) groups is 1. The summed E-state index contributed by atoms with van der Waals surface area (Å²) in [6, 6.07) is 19.2. The Hall–Kier alpha value is -2.65. The van der Waals surface area contributed by atoms with E-state index in [0.29, 0.717) is 10.7 Å². The van der Waals surface area contributed by atoms with Gasteiger partial charge in [-0.1, -0.05) is 41.9 Å². The van der Waals surface area contributed by atoms with Crippen molar-refractivity contribution in [3.63, 3.8) is 0 Å². The van der Waals surface area contributed by atoms with Crippen molar-refractivity contribution < 1.29 is 4.79 Å². The monoisotopic (exact) mass is 306 g/mol. The molecule has 0 fully saturated rings. The molecule has 0 amide bonds. The number of carbonyl (C=O) groups excluding carboxylic acids is 1. The third-order valence-corrected chi connectivity index (χ3v) is 3.97. The lowest BCUT2D eigenvalue weighted by atomic mass is 10.1. The van der Waals surface area contributed by atoms with Crippen LogP contribution in [0.1, 0.15) is 10.5 Å². The number of halogens is 1. The molecule has 0 bridgehead atoms. The minimum atomic E-state index is 0.599. The van der Waals surface area contributed by atoms with Crippen LogP contribution in [0.5, 0.6) is 0 Å². The molecule has 0 aliphatic rings. The van der Waals surface area contributed by atoms with Gasteiger partial charge in [-0.3, -0.25) is 4.79 Å². The largest absolute Gasteiger partial charge is 0.303 e. The van der Waals surface area contributed by atoms with Crippen LogP contribution in [0.3, 0.4) is 0 Å². The van der Waals surface area contributed by atoms with Gasteiger partial charge in [0.2, 0.25) is 0 Å². The topological polar surface area (TPSA) is 34.4 Å². The van der Waals surface area contributed by atoms with Crippen LogP contribution < -0.4 is 0 Å². The number of hydrogen-bond acceptors (Lipinski definition) is 2. The molecule has 4 rings (SSSR count). The maximum absolute atomic E-state index is 11.4. The molecule has 4 aromatic rings. The highest BCUT2D eigenvalue weighted by atomic mass is 35.5. The number of fused-ring (bicyclic) bond motifs is 3. The SMILES string of the molecule is O=Cc1ccc2c(-c3ccccc3)nc3cc(Cl)ccc3n12. The fourth-order valence-corrected chi connectivity index (χ4v) is 2.93. The van der Waals surface area contributed by atoms with E-state index in [0.717, 1.165) is 34.1 Å².